The highest BCUT2D eigenvalue weighted by Gasteiger charge is 2.28. The van der Waals surface area contributed by atoms with Crippen LogP contribution in [0.5, 0.6) is 0 Å². The van der Waals surface area contributed by atoms with Gasteiger partial charge in [-0.05, 0) is 57.7 Å². The second-order valence-electron chi connectivity index (χ2n) is 5.49. The highest BCUT2D eigenvalue weighted by atomic mass is 16.1. The summed E-state index contributed by atoms with van der Waals surface area (Å²) in [5, 5.41) is 3.60. The molecule has 0 aromatic rings. The number of nitrogens with one attached hydrogen (secondary N) is 1. The number of nitrogens with two attached hydrogens (primary N) is 1. The minimum atomic E-state index is -0.165. The van der Waals surface area contributed by atoms with Gasteiger partial charge in [-0.15, -0.1) is 0 Å². The number of carbonyl (C=O) groups is 1. The quantitative estimate of drug-likeness (QED) is 0.718. The molecule has 17 heavy (non-hydrogen) atoms. The van der Waals surface area contributed by atoms with Crippen LogP contribution in [0.3, 0.4) is 0 Å². The fourth-order valence-corrected chi connectivity index (χ4v) is 2.73. The molecule has 4 heteroatoms. The van der Waals surface area contributed by atoms with E-state index >= 15 is 0 Å². The minimum absolute atomic E-state index is 0.0488. The van der Waals surface area contributed by atoms with Crippen LogP contribution in [-0.2, 0) is 4.79 Å². The van der Waals surface area contributed by atoms with Crippen molar-refractivity contribution in [1.29, 1.82) is 0 Å². The van der Waals surface area contributed by atoms with E-state index in [9.17, 15) is 4.79 Å². The summed E-state index contributed by atoms with van der Waals surface area (Å²) in [6.45, 7) is 5.25. The Hall–Kier alpha value is -0.610. The summed E-state index contributed by atoms with van der Waals surface area (Å²) in [6.07, 6.45) is 5.95. The number of primary amides is 1. The first-order valence-corrected chi connectivity index (χ1v) is 6.97. The Balaban J connectivity index is 1.70. The van der Waals surface area contributed by atoms with Crippen molar-refractivity contribution in [3.63, 3.8) is 0 Å². The zero-order valence-corrected chi connectivity index (χ0v) is 10.8. The second-order valence-corrected chi connectivity index (χ2v) is 5.49. The lowest BCUT2D eigenvalue weighted by Gasteiger charge is -2.35. The molecule has 98 valence electrons. The smallest absolute Gasteiger partial charge is 0.234 e. The molecule has 1 unspecified atom stereocenters. The Morgan fingerprint density at radius 2 is 2.00 bits per heavy atom. The third-order valence-electron chi connectivity index (χ3n) is 4.08. The third-order valence-corrected chi connectivity index (χ3v) is 4.08. The van der Waals surface area contributed by atoms with E-state index in [4.69, 9.17) is 5.73 Å². The van der Waals surface area contributed by atoms with Crippen molar-refractivity contribution < 1.29 is 4.79 Å². The lowest BCUT2D eigenvalue weighted by atomic mass is 9.95. The summed E-state index contributed by atoms with van der Waals surface area (Å²) in [5.74, 6) is 0.624. The number of nitrogens with zero attached hydrogens (tertiary/aromatic N) is 1. The number of hydrogen-bond donors (Lipinski definition) is 2. The van der Waals surface area contributed by atoms with Crippen LogP contribution in [0.25, 0.3) is 0 Å². The van der Waals surface area contributed by atoms with E-state index in [2.05, 4.69) is 10.2 Å². The zero-order valence-electron chi connectivity index (χ0n) is 10.8. The van der Waals surface area contributed by atoms with Crippen molar-refractivity contribution in [3.8, 4) is 0 Å². The average Bonchev–Trinajstić information content (AvgIpc) is 3.12. The molecule has 0 aromatic heterocycles. The van der Waals surface area contributed by atoms with Crippen LogP contribution < -0.4 is 11.1 Å². The maximum Gasteiger partial charge on any atom is 0.234 e. The van der Waals surface area contributed by atoms with E-state index in [0.29, 0.717) is 0 Å². The van der Waals surface area contributed by atoms with Crippen LogP contribution in [-0.4, -0.2) is 42.5 Å². The molecule has 0 bridgehead atoms. The normalized spacial score (nSPS) is 24.8. The van der Waals surface area contributed by atoms with E-state index < -0.39 is 0 Å². The van der Waals surface area contributed by atoms with E-state index in [0.717, 1.165) is 38.0 Å². The molecule has 1 aliphatic heterocycles. The van der Waals surface area contributed by atoms with Gasteiger partial charge in [0.2, 0.25) is 5.91 Å². The molecule has 4 nitrogen and oxygen atoms in total. The molecule has 0 radical (unpaired) electrons. The Morgan fingerprint density at radius 1 is 1.35 bits per heavy atom. The molecule has 1 amide bonds. The topological polar surface area (TPSA) is 58.4 Å². The lowest BCUT2D eigenvalue weighted by Crippen LogP contribution is -2.48. The van der Waals surface area contributed by atoms with Crippen molar-refractivity contribution in [3.05, 3.63) is 0 Å². The van der Waals surface area contributed by atoms with Crippen LogP contribution in [0.4, 0.5) is 0 Å². The Morgan fingerprint density at radius 3 is 2.47 bits per heavy atom. The highest BCUT2D eigenvalue weighted by molar-refractivity contribution is 5.79. The number of hydrogen-bond acceptors (Lipinski definition) is 3. The first kappa shape index (κ1) is 12.8. The standard InChI is InChI=1S/C13H25N3O/c1-2-12(13(14)17)16-7-5-10(6-8-16)9-15-11-3-4-11/h10-12,15H,2-9H2,1H3,(H2,14,17). The van der Waals surface area contributed by atoms with E-state index in [1.165, 1.54) is 25.7 Å². The molecule has 2 rings (SSSR count). The van der Waals surface area contributed by atoms with Crippen molar-refractivity contribution in [2.45, 2.75) is 51.1 Å². The molecule has 3 N–H and O–H groups in total. The number of amides is 1. The molecule has 2 aliphatic rings. The maximum absolute atomic E-state index is 11.3. The SMILES string of the molecule is CCC(C(N)=O)N1CCC(CNC2CC2)CC1. The number of likely N-dealkylation sites (tertiary alicyclic amines) is 1. The monoisotopic (exact) mass is 239 g/mol. The van der Waals surface area contributed by atoms with Crippen LogP contribution in [0.15, 0.2) is 0 Å². The summed E-state index contributed by atoms with van der Waals surface area (Å²) in [5.41, 5.74) is 5.43. The number of rotatable bonds is 6. The molecule has 1 saturated heterocycles. The predicted molar refractivity (Wildman–Crippen MR) is 68.6 cm³/mol. The van der Waals surface area contributed by atoms with Crippen LogP contribution in [0.2, 0.25) is 0 Å². The molecular weight excluding hydrogens is 214 g/mol. The summed E-state index contributed by atoms with van der Waals surface area (Å²) in [4.78, 5) is 13.6. The van der Waals surface area contributed by atoms with Gasteiger partial charge >= 0.3 is 0 Å². The molecule has 1 atom stereocenters. The van der Waals surface area contributed by atoms with Crippen molar-refractivity contribution in [2.75, 3.05) is 19.6 Å². The lowest BCUT2D eigenvalue weighted by molar-refractivity contribution is -0.123. The predicted octanol–water partition coefficient (Wildman–Crippen LogP) is 0.714. The third kappa shape index (κ3) is 3.68. The van der Waals surface area contributed by atoms with Crippen molar-refractivity contribution >= 4 is 5.91 Å². The Labute approximate surface area is 104 Å². The Kier molecular flexibility index (Phi) is 4.40. The van der Waals surface area contributed by atoms with Gasteiger partial charge in [0.25, 0.3) is 0 Å². The second kappa shape index (κ2) is 5.83. The van der Waals surface area contributed by atoms with Gasteiger partial charge < -0.3 is 11.1 Å². The first-order chi connectivity index (χ1) is 8.20. The van der Waals surface area contributed by atoms with Gasteiger partial charge in [0.15, 0.2) is 0 Å². The van der Waals surface area contributed by atoms with Gasteiger partial charge in [-0.25, -0.2) is 0 Å². The van der Waals surface area contributed by atoms with Gasteiger partial charge in [0.1, 0.15) is 0 Å². The van der Waals surface area contributed by atoms with Gasteiger partial charge in [-0.3, -0.25) is 9.69 Å². The van der Waals surface area contributed by atoms with Gasteiger partial charge in [0, 0.05) is 6.04 Å². The molecule has 1 saturated carbocycles. The fraction of sp³-hybridized carbons (Fsp3) is 0.923. The molecular formula is C13H25N3O. The molecule has 1 aliphatic carbocycles. The van der Waals surface area contributed by atoms with Crippen LogP contribution in [0.1, 0.15) is 39.0 Å². The highest BCUT2D eigenvalue weighted by Crippen LogP contribution is 2.22. The summed E-state index contributed by atoms with van der Waals surface area (Å²) in [6, 6.07) is 0.759. The zero-order chi connectivity index (χ0) is 12.3. The number of carbonyl (C=O) groups excluding carboxylic acids is 1. The number of piperidine rings is 1. The van der Waals surface area contributed by atoms with E-state index in [1.54, 1.807) is 0 Å². The van der Waals surface area contributed by atoms with Gasteiger partial charge in [0.05, 0.1) is 6.04 Å². The average molecular weight is 239 g/mol. The van der Waals surface area contributed by atoms with E-state index in [-0.39, 0.29) is 11.9 Å². The summed E-state index contributed by atoms with van der Waals surface area (Å²) >= 11 is 0. The molecule has 0 spiro atoms. The van der Waals surface area contributed by atoms with Gasteiger partial charge in [-0.2, -0.15) is 0 Å². The maximum atomic E-state index is 11.3. The molecule has 0 aromatic carbocycles. The fourth-order valence-electron chi connectivity index (χ4n) is 2.73. The molecule has 2 fully saturated rings. The van der Waals surface area contributed by atoms with Crippen molar-refractivity contribution in [2.24, 2.45) is 11.7 Å². The van der Waals surface area contributed by atoms with Crippen LogP contribution >= 0.6 is 0 Å². The Bertz CT molecular complexity index is 257. The molecule has 1 heterocycles. The van der Waals surface area contributed by atoms with Crippen molar-refractivity contribution in [1.82, 2.24) is 10.2 Å². The summed E-state index contributed by atoms with van der Waals surface area (Å²) < 4.78 is 0. The minimum Gasteiger partial charge on any atom is -0.368 e. The first-order valence-electron chi connectivity index (χ1n) is 6.97. The largest absolute Gasteiger partial charge is 0.368 e. The summed E-state index contributed by atoms with van der Waals surface area (Å²) in [7, 11) is 0. The van der Waals surface area contributed by atoms with Crippen LogP contribution in [0, 0.1) is 5.92 Å². The van der Waals surface area contributed by atoms with E-state index in [1.807, 2.05) is 6.92 Å². The van der Waals surface area contributed by atoms with Gasteiger partial charge in [-0.1, -0.05) is 6.92 Å².